The van der Waals surface area contributed by atoms with Gasteiger partial charge in [0, 0.05) is 30.2 Å². The van der Waals surface area contributed by atoms with E-state index in [0.29, 0.717) is 19.0 Å². The van der Waals surface area contributed by atoms with Crippen LogP contribution in [0.4, 0.5) is 5.69 Å². The highest BCUT2D eigenvalue weighted by molar-refractivity contribution is 7.80. The van der Waals surface area contributed by atoms with Crippen molar-refractivity contribution in [3.63, 3.8) is 0 Å². The van der Waals surface area contributed by atoms with E-state index in [1.165, 1.54) is 5.56 Å². The van der Waals surface area contributed by atoms with Crippen molar-refractivity contribution < 1.29 is 4.79 Å². The Morgan fingerprint density at radius 2 is 2.13 bits per heavy atom. The third-order valence-electron chi connectivity index (χ3n) is 4.50. The lowest BCUT2D eigenvalue weighted by Crippen LogP contribution is -2.60. The quantitative estimate of drug-likeness (QED) is 0.829. The highest BCUT2D eigenvalue weighted by Gasteiger charge is 2.32. The molecule has 126 valence electrons. The van der Waals surface area contributed by atoms with Gasteiger partial charge in [0.1, 0.15) is 0 Å². The van der Waals surface area contributed by atoms with Crippen molar-refractivity contribution in [1.82, 2.24) is 10.2 Å². The fraction of sp³-hybridized carbons (Fsp3) is 0.556. The van der Waals surface area contributed by atoms with E-state index in [2.05, 4.69) is 36.3 Å². The molecule has 1 atom stereocenters. The van der Waals surface area contributed by atoms with Crippen LogP contribution in [-0.4, -0.2) is 34.0 Å². The van der Waals surface area contributed by atoms with Gasteiger partial charge in [-0.1, -0.05) is 12.1 Å². The Kier molecular flexibility index (Phi) is 5.30. The first-order valence-corrected chi connectivity index (χ1v) is 8.55. The second kappa shape index (κ2) is 6.87. The van der Waals surface area contributed by atoms with E-state index in [0.717, 1.165) is 22.8 Å². The van der Waals surface area contributed by atoms with Gasteiger partial charge in [-0.3, -0.25) is 4.79 Å². The second-order valence-electron chi connectivity index (χ2n) is 7.11. The Morgan fingerprint density at radius 3 is 2.78 bits per heavy atom. The number of aryl methyl sites for hydroxylation is 1. The lowest BCUT2D eigenvalue weighted by molar-refractivity contribution is -0.116. The molecule has 5 heteroatoms. The summed E-state index contributed by atoms with van der Waals surface area (Å²) >= 11 is 5.46. The summed E-state index contributed by atoms with van der Waals surface area (Å²) in [5, 5.41) is 7.10. The number of hydrogen-bond acceptors (Lipinski definition) is 2. The van der Waals surface area contributed by atoms with Crippen molar-refractivity contribution in [2.45, 2.75) is 59.0 Å². The van der Waals surface area contributed by atoms with Crippen LogP contribution in [-0.2, 0) is 4.79 Å². The number of hydrogen-bond donors (Lipinski definition) is 2. The van der Waals surface area contributed by atoms with Crippen LogP contribution in [0.25, 0.3) is 0 Å². The number of thiocarbonyl (C=S) groups is 1. The summed E-state index contributed by atoms with van der Waals surface area (Å²) in [5.41, 5.74) is 3.21. The molecule has 1 saturated heterocycles. The molecule has 0 bridgehead atoms. The molecule has 0 saturated carbocycles. The molecular formula is C18H27N3OS. The van der Waals surface area contributed by atoms with Crippen LogP contribution in [0.1, 0.15) is 44.7 Å². The van der Waals surface area contributed by atoms with E-state index in [1.807, 2.05) is 32.0 Å². The number of nitrogens with zero attached hydrogens (tertiary/aromatic N) is 1. The summed E-state index contributed by atoms with van der Waals surface area (Å²) in [6.45, 7) is 11.2. The van der Waals surface area contributed by atoms with Gasteiger partial charge < -0.3 is 15.5 Å². The number of rotatable bonds is 4. The Hall–Kier alpha value is -1.62. The van der Waals surface area contributed by atoms with Crippen molar-refractivity contribution in [3.05, 3.63) is 29.3 Å². The zero-order valence-corrected chi connectivity index (χ0v) is 15.5. The fourth-order valence-corrected chi connectivity index (χ4v) is 3.65. The van der Waals surface area contributed by atoms with Gasteiger partial charge in [-0.2, -0.15) is 0 Å². The second-order valence-corrected chi connectivity index (χ2v) is 7.49. The largest absolute Gasteiger partial charge is 0.358 e. The smallest absolute Gasteiger partial charge is 0.226 e. The predicted octanol–water partition coefficient (Wildman–Crippen LogP) is 3.38. The van der Waals surface area contributed by atoms with Crippen LogP contribution in [0.3, 0.4) is 0 Å². The molecule has 23 heavy (non-hydrogen) atoms. The van der Waals surface area contributed by atoms with E-state index >= 15 is 0 Å². The maximum atomic E-state index is 12.3. The summed E-state index contributed by atoms with van der Waals surface area (Å²) in [5.74, 6) is 0.0264. The van der Waals surface area contributed by atoms with Crippen LogP contribution in [0.2, 0.25) is 0 Å². The summed E-state index contributed by atoms with van der Waals surface area (Å²) in [6.07, 6.45) is 1.44. The number of amides is 1. The molecule has 0 aliphatic carbocycles. The maximum Gasteiger partial charge on any atom is 0.226 e. The van der Waals surface area contributed by atoms with E-state index in [9.17, 15) is 4.79 Å². The minimum atomic E-state index is 0.0218. The number of anilines is 1. The highest BCUT2D eigenvalue weighted by atomic mass is 32.1. The Bertz CT molecular complexity index is 612. The van der Waals surface area contributed by atoms with Gasteiger partial charge >= 0.3 is 0 Å². The zero-order chi connectivity index (χ0) is 17.2. The average molecular weight is 334 g/mol. The number of benzene rings is 1. The molecule has 0 aromatic heterocycles. The Balaban J connectivity index is 1.92. The molecule has 4 nitrogen and oxygen atoms in total. The van der Waals surface area contributed by atoms with Crippen molar-refractivity contribution >= 4 is 28.9 Å². The maximum absolute atomic E-state index is 12.3. The first kappa shape index (κ1) is 17.7. The Labute approximate surface area is 144 Å². The number of nitrogens with one attached hydrogen (secondary N) is 2. The van der Waals surface area contributed by atoms with Crippen LogP contribution in [0, 0.1) is 13.8 Å². The van der Waals surface area contributed by atoms with Gasteiger partial charge in [-0.25, -0.2) is 0 Å². The third-order valence-corrected chi connectivity index (χ3v) is 4.84. The van der Waals surface area contributed by atoms with E-state index in [1.54, 1.807) is 0 Å². The molecule has 2 rings (SSSR count). The van der Waals surface area contributed by atoms with Crippen LogP contribution < -0.4 is 10.6 Å². The van der Waals surface area contributed by atoms with Crippen molar-refractivity contribution in [2.75, 3.05) is 11.9 Å². The minimum absolute atomic E-state index is 0.0218. The normalized spacial score (nSPS) is 20.1. The van der Waals surface area contributed by atoms with Crippen LogP contribution in [0.15, 0.2) is 18.2 Å². The zero-order valence-electron chi connectivity index (χ0n) is 14.7. The van der Waals surface area contributed by atoms with Gasteiger partial charge in [0.2, 0.25) is 5.91 Å². The molecule has 0 unspecified atom stereocenters. The van der Waals surface area contributed by atoms with Gasteiger partial charge in [-0.15, -0.1) is 0 Å². The molecule has 1 aromatic carbocycles. The third kappa shape index (κ3) is 4.44. The first-order chi connectivity index (χ1) is 10.7. The molecule has 0 radical (unpaired) electrons. The molecular weight excluding hydrogens is 306 g/mol. The van der Waals surface area contributed by atoms with Crippen molar-refractivity contribution in [2.24, 2.45) is 0 Å². The van der Waals surface area contributed by atoms with Gasteiger partial charge in [0.25, 0.3) is 0 Å². The van der Waals surface area contributed by atoms with Gasteiger partial charge in [-0.05, 0) is 70.5 Å². The van der Waals surface area contributed by atoms with Crippen molar-refractivity contribution in [1.29, 1.82) is 0 Å². The van der Waals surface area contributed by atoms with Crippen LogP contribution >= 0.6 is 12.2 Å². The molecule has 1 aliphatic rings. The molecule has 1 aliphatic heterocycles. The average Bonchev–Trinajstić information content (AvgIpc) is 2.41. The van der Waals surface area contributed by atoms with Gasteiger partial charge in [0.15, 0.2) is 5.11 Å². The summed E-state index contributed by atoms with van der Waals surface area (Å²) in [7, 11) is 0. The van der Waals surface area contributed by atoms with E-state index in [4.69, 9.17) is 12.2 Å². The van der Waals surface area contributed by atoms with Gasteiger partial charge in [0.05, 0.1) is 0 Å². The van der Waals surface area contributed by atoms with Crippen molar-refractivity contribution in [3.8, 4) is 0 Å². The standard InChI is InChI=1S/C18H27N3OS/c1-12-7-6-8-15(14(12)3)19-16(22)9-10-21-13(2)11-18(4,5)20-17(21)23/h6-8,13H,9-11H2,1-5H3,(H,19,22)(H,20,23)/t13-/m0/s1. The topological polar surface area (TPSA) is 44.4 Å². The molecule has 2 N–H and O–H groups in total. The number of carbonyl (C=O) groups is 1. The summed E-state index contributed by atoms with van der Waals surface area (Å²) in [6, 6.07) is 6.29. The minimum Gasteiger partial charge on any atom is -0.358 e. The number of carbonyl (C=O) groups excluding carboxylic acids is 1. The molecule has 1 fully saturated rings. The lowest BCUT2D eigenvalue weighted by atomic mass is 9.93. The Morgan fingerprint density at radius 1 is 1.43 bits per heavy atom. The first-order valence-electron chi connectivity index (χ1n) is 8.14. The van der Waals surface area contributed by atoms with Crippen LogP contribution in [0.5, 0.6) is 0 Å². The predicted molar refractivity (Wildman–Crippen MR) is 99.8 cm³/mol. The van der Waals surface area contributed by atoms with E-state index in [-0.39, 0.29) is 11.4 Å². The van der Waals surface area contributed by atoms with E-state index < -0.39 is 0 Å². The molecule has 1 heterocycles. The molecule has 0 spiro atoms. The SMILES string of the molecule is Cc1cccc(NC(=O)CCN2C(=S)NC(C)(C)C[C@@H]2C)c1C. The molecule has 1 aromatic rings. The summed E-state index contributed by atoms with van der Waals surface area (Å²) < 4.78 is 0. The fourth-order valence-electron chi connectivity index (χ4n) is 3.10. The summed E-state index contributed by atoms with van der Waals surface area (Å²) in [4.78, 5) is 14.4. The lowest BCUT2D eigenvalue weighted by Gasteiger charge is -2.44. The highest BCUT2D eigenvalue weighted by Crippen LogP contribution is 2.22. The molecule has 1 amide bonds. The monoisotopic (exact) mass is 333 g/mol.